The number of hydrogen-bond donors (Lipinski definition) is 1. The molecule has 0 fully saturated rings. The van der Waals surface area contributed by atoms with Crippen molar-refractivity contribution in [3.8, 4) is 0 Å². The van der Waals surface area contributed by atoms with Crippen LogP contribution in [0.1, 0.15) is 40.2 Å². The van der Waals surface area contributed by atoms with E-state index < -0.39 is 0 Å². The van der Waals surface area contributed by atoms with Gasteiger partial charge in [-0.3, -0.25) is 4.79 Å². The van der Waals surface area contributed by atoms with E-state index in [0.717, 1.165) is 18.4 Å². The molecule has 3 N–H and O–H groups in total. The van der Waals surface area contributed by atoms with Gasteiger partial charge in [0.2, 0.25) is 5.78 Å². The highest BCUT2D eigenvalue weighted by molar-refractivity contribution is 6.04. The molecule has 0 heterocycles. The van der Waals surface area contributed by atoms with Crippen LogP contribution in [-0.2, 0) is 6.42 Å². The van der Waals surface area contributed by atoms with Gasteiger partial charge in [-0.25, -0.2) is 0 Å². The second kappa shape index (κ2) is 3.62. The topological polar surface area (TPSA) is 44.7 Å². The molecule has 0 aromatic heterocycles. The van der Waals surface area contributed by atoms with E-state index in [1.807, 2.05) is 12.1 Å². The Balaban J connectivity index is 0.000000853. The maximum atomic E-state index is 11.9. The Bertz CT molecular complexity index is 416. The molecule has 0 radical (unpaired) electrons. The van der Waals surface area contributed by atoms with E-state index in [-0.39, 0.29) is 24.2 Å². The first kappa shape index (κ1) is 10.7. The molecule has 3 rings (SSSR count). The number of carbonyl (C=O) groups excluding carboxylic acids is 1. The molecule has 0 bridgehead atoms. The number of hydrogen-bond acceptors (Lipinski definition) is 1. The van der Waals surface area contributed by atoms with E-state index in [1.54, 1.807) is 0 Å². The minimum absolute atomic E-state index is 0. The lowest BCUT2D eigenvalue weighted by atomic mass is 9.83. The fraction of sp³-hybridized carbons (Fsp3) is 0.417. The molecule has 0 amide bonds. The minimum Gasteiger partial charge on any atom is -1.00 e. The van der Waals surface area contributed by atoms with Crippen molar-refractivity contribution in [3.05, 3.63) is 34.9 Å². The Labute approximate surface area is 95.3 Å². The monoisotopic (exact) mass is 223 g/mol. The third kappa shape index (κ3) is 1.32. The average molecular weight is 224 g/mol. The zero-order chi connectivity index (χ0) is 9.71. The summed E-state index contributed by atoms with van der Waals surface area (Å²) in [4.78, 5) is 11.9. The number of quaternary nitrogens is 1. The Morgan fingerprint density at radius 3 is 2.93 bits per heavy atom. The standard InChI is InChI=1S/C12H13NO.ClH/c13-11-8-5-1-3-7-4-2-6-9(10(7)8)12(11)14;/h2,4,6,8,11H,1,3,5,13H2;1H. The molecule has 2 aliphatic carbocycles. The molecule has 2 aliphatic rings. The van der Waals surface area contributed by atoms with E-state index in [9.17, 15) is 4.79 Å². The van der Waals surface area contributed by atoms with Crippen LogP contribution < -0.4 is 18.1 Å². The maximum absolute atomic E-state index is 11.9. The summed E-state index contributed by atoms with van der Waals surface area (Å²) >= 11 is 0. The zero-order valence-electron chi connectivity index (χ0n) is 8.50. The highest BCUT2D eigenvalue weighted by atomic mass is 35.5. The zero-order valence-corrected chi connectivity index (χ0v) is 9.26. The van der Waals surface area contributed by atoms with Crippen molar-refractivity contribution in [2.45, 2.75) is 31.2 Å². The van der Waals surface area contributed by atoms with Crippen LogP contribution in [0.4, 0.5) is 0 Å². The summed E-state index contributed by atoms with van der Waals surface area (Å²) in [7, 11) is 0. The summed E-state index contributed by atoms with van der Waals surface area (Å²) < 4.78 is 0. The summed E-state index contributed by atoms with van der Waals surface area (Å²) in [5, 5.41) is 0. The quantitative estimate of drug-likeness (QED) is 0.539. The molecule has 80 valence electrons. The van der Waals surface area contributed by atoms with Crippen molar-refractivity contribution in [2.24, 2.45) is 0 Å². The number of aryl methyl sites for hydroxylation is 1. The van der Waals surface area contributed by atoms with Crippen LogP contribution in [0.5, 0.6) is 0 Å². The lowest BCUT2D eigenvalue weighted by molar-refractivity contribution is -0.403. The first-order valence-corrected chi connectivity index (χ1v) is 5.28. The molecule has 3 heteroatoms. The number of halogens is 1. The van der Waals surface area contributed by atoms with Crippen LogP contribution in [0, 0.1) is 0 Å². The Morgan fingerprint density at radius 1 is 1.33 bits per heavy atom. The van der Waals surface area contributed by atoms with Crippen molar-refractivity contribution in [1.29, 1.82) is 0 Å². The lowest BCUT2D eigenvalue weighted by Gasteiger charge is -2.21. The summed E-state index contributed by atoms with van der Waals surface area (Å²) in [6.45, 7) is 0. The van der Waals surface area contributed by atoms with Crippen molar-refractivity contribution >= 4 is 5.78 Å². The van der Waals surface area contributed by atoms with Crippen LogP contribution in [0.15, 0.2) is 18.2 Å². The van der Waals surface area contributed by atoms with Crippen molar-refractivity contribution in [2.75, 3.05) is 0 Å². The predicted molar refractivity (Wildman–Crippen MR) is 53.1 cm³/mol. The Hall–Kier alpha value is -0.860. The van der Waals surface area contributed by atoms with Gasteiger partial charge in [-0.15, -0.1) is 0 Å². The maximum Gasteiger partial charge on any atom is 0.220 e. The number of Topliss-reactive ketones (excluding diaryl/α,β-unsaturated/α-hetero) is 1. The second-order valence-corrected chi connectivity index (χ2v) is 4.35. The smallest absolute Gasteiger partial charge is 0.220 e. The van der Waals surface area contributed by atoms with Gasteiger partial charge in [-0.2, -0.15) is 0 Å². The Kier molecular flexibility index (Phi) is 2.57. The first-order valence-electron chi connectivity index (χ1n) is 5.28. The minimum atomic E-state index is -0.0218. The van der Waals surface area contributed by atoms with E-state index in [0.29, 0.717) is 5.92 Å². The number of benzene rings is 1. The molecule has 2 atom stereocenters. The molecular formula is C12H14ClNO. The molecule has 0 saturated carbocycles. The van der Waals surface area contributed by atoms with E-state index in [4.69, 9.17) is 0 Å². The van der Waals surface area contributed by atoms with Crippen LogP contribution in [-0.4, -0.2) is 11.8 Å². The molecule has 0 aliphatic heterocycles. The van der Waals surface area contributed by atoms with E-state index in [2.05, 4.69) is 11.8 Å². The summed E-state index contributed by atoms with van der Waals surface area (Å²) in [6, 6.07) is 6.11. The summed E-state index contributed by atoms with van der Waals surface area (Å²) in [5.41, 5.74) is 7.67. The first-order chi connectivity index (χ1) is 6.79. The van der Waals surface area contributed by atoms with Gasteiger partial charge in [-0.05, 0) is 30.4 Å². The van der Waals surface area contributed by atoms with Gasteiger partial charge in [0, 0.05) is 11.5 Å². The van der Waals surface area contributed by atoms with Crippen LogP contribution >= 0.6 is 0 Å². The van der Waals surface area contributed by atoms with E-state index >= 15 is 0 Å². The van der Waals surface area contributed by atoms with Gasteiger partial charge < -0.3 is 18.1 Å². The molecule has 2 unspecified atom stereocenters. The van der Waals surface area contributed by atoms with E-state index in [1.165, 1.54) is 17.5 Å². The molecule has 2 nitrogen and oxygen atoms in total. The summed E-state index contributed by atoms with van der Waals surface area (Å²) in [5.74, 6) is 0.677. The predicted octanol–water partition coefficient (Wildman–Crippen LogP) is -2.08. The molecule has 1 aromatic rings. The van der Waals surface area contributed by atoms with Crippen LogP contribution in [0.3, 0.4) is 0 Å². The van der Waals surface area contributed by atoms with Crippen LogP contribution in [0.2, 0.25) is 0 Å². The average Bonchev–Trinajstić information content (AvgIpc) is 2.47. The Morgan fingerprint density at radius 2 is 2.13 bits per heavy atom. The highest BCUT2D eigenvalue weighted by Crippen LogP contribution is 2.41. The lowest BCUT2D eigenvalue weighted by Crippen LogP contribution is -3.00. The van der Waals surface area contributed by atoms with Gasteiger partial charge in [-0.1, -0.05) is 18.2 Å². The largest absolute Gasteiger partial charge is 1.00 e. The third-order valence-electron chi connectivity index (χ3n) is 3.62. The van der Waals surface area contributed by atoms with Gasteiger partial charge in [0.25, 0.3) is 0 Å². The number of ketones is 1. The van der Waals surface area contributed by atoms with Crippen molar-refractivity contribution in [1.82, 2.24) is 0 Å². The molecular weight excluding hydrogens is 210 g/mol. The van der Waals surface area contributed by atoms with Crippen molar-refractivity contribution in [3.63, 3.8) is 0 Å². The van der Waals surface area contributed by atoms with Gasteiger partial charge in [0.15, 0.2) is 6.04 Å². The van der Waals surface area contributed by atoms with Crippen molar-refractivity contribution < 1.29 is 22.9 Å². The van der Waals surface area contributed by atoms with Gasteiger partial charge >= 0.3 is 0 Å². The van der Waals surface area contributed by atoms with Crippen LogP contribution in [0.25, 0.3) is 0 Å². The molecule has 0 spiro atoms. The summed E-state index contributed by atoms with van der Waals surface area (Å²) in [6.07, 6.45) is 3.49. The normalized spacial score (nSPS) is 27.1. The second-order valence-electron chi connectivity index (χ2n) is 4.35. The fourth-order valence-corrected chi connectivity index (χ4v) is 2.93. The molecule has 15 heavy (non-hydrogen) atoms. The fourth-order valence-electron chi connectivity index (χ4n) is 2.93. The molecule has 1 aromatic carbocycles. The number of carbonyl (C=O) groups is 1. The highest BCUT2D eigenvalue weighted by Gasteiger charge is 2.42. The third-order valence-corrected chi connectivity index (χ3v) is 3.62. The SMILES string of the molecule is [Cl-].[NH3+]C1C(=O)c2cccc3c2C1CCC3. The van der Waals surface area contributed by atoms with Gasteiger partial charge in [0.1, 0.15) is 0 Å². The molecule has 0 saturated heterocycles. The number of rotatable bonds is 0. The van der Waals surface area contributed by atoms with Gasteiger partial charge in [0.05, 0.1) is 0 Å².